The number of aromatic nitrogens is 2. The van der Waals surface area contributed by atoms with Gasteiger partial charge in [0.25, 0.3) is 0 Å². The van der Waals surface area contributed by atoms with Gasteiger partial charge in [-0.05, 0) is 30.7 Å². The number of aryl methyl sites for hydroxylation is 1. The first-order valence-corrected chi connectivity index (χ1v) is 8.71. The van der Waals surface area contributed by atoms with Gasteiger partial charge in [-0.3, -0.25) is 4.79 Å². The maximum Gasteiger partial charge on any atom is 0.225 e. The smallest absolute Gasteiger partial charge is 0.225 e. The quantitative estimate of drug-likeness (QED) is 0.698. The van der Waals surface area contributed by atoms with Crippen molar-refractivity contribution >= 4 is 41.8 Å². The largest absolute Gasteiger partial charge is 0.342 e. The first-order chi connectivity index (χ1) is 12.2. The van der Waals surface area contributed by atoms with E-state index < -0.39 is 0 Å². The number of para-hydroxylation sites is 2. The van der Waals surface area contributed by atoms with Gasteiger partial charge in [0.1, 0.15) is 11.9 Å². The number of rotatable bonds is 4. The molecule has 1 aromatic heterocycles. The molecule has 3 aromatic rings. The van der Waals surface area contributed by atoms with Gasteiger partial charge in [0.05, 0.1) is 17.0 Å². The molecule has 7 heteroatoms. The summed E-state index contributed by atoms with van der Waals surface area (Å²) >= 11 is 0. The number of benzene rings is 2. The molecular formula is C20H24Cl2N4O. The van der Waals surface area contributed by atoms with Crippen molar-refractivity contribution in [3.63, 3.8) is 0 Å². The SMILES string of the molecule is Cl.Cl.Cn1c(C(NC(=O)C2CCNC2)c2ccccc2)nc2ccccc21. The molecule has 4 rings (SSSR count). The molecule has 0 radical (unpaired) electrons. The Morgan fingerprint density at radius 1 is 1.15 bits per heavy atom. The zero-order valence-corrected chi connectivity index (χ0v) is 16.7. The van der Waals surface area contributed by atoms with E-state index >= 15 is 0 Å². The summed E-state index contributed by atoms with van der Waals surface area (Å²) < 4.78 is 2.07. The summed E-state index contributed by atoms with van der Waals surface area (Å²) in [7, 11) is 2.00. The third-order valence-corrected chi connectivity index (χ3v) is 4.93. The molecule has 0 bridgehead atoms. The Hall–Kier alpha value is -2.08. The van der Waals surface area contributed by atoms with Crippen LogP contribution in [0.4, 0.5) is 0 Å². The second-order valence-corrected chi connectivity index (χ2v) is 6.56. The van der Waals surface area contributed by atoms with E-state index in [-0.39, 0.29) is 42.7 Å². The Balaban J connectivity index is 0.00000131. The third kappa shape index (κ3) is 4.26. The summed E-state index contributed by atoms with van der Waals surface area (Å²) in [5.74, 6) is 0.971. The van der Waals surface area contributed by atoms with E-state index in [0.29, 0.717) is 0 Å². The lowest BCUT2D eigenvalue weighted by Gasteiger charge is -2.21. The molecule has 1 amide bonds. The standard InChI is InChI=1S/C20H22N4O.2ClH/c1-24-17-10-6-5-9-16(17)22-19(24)18(14-7-3-2-4-8-14)23-20(25)15-11-12-21-13-15;;/h2-10,15,18,21H,11-13H2,1H3,(H,23,25);2*1H. The van der Waals surface area contributed by atoms with Gasteiger partial charge in [-0.25, -0.2) is 4.98 Å². The molecule has 1 aliphatic heterocycles. The Kier molecular flexibility index (Phi) is 7.25. The van der Waals surface area contributed by atoms with Crippen molar-refractivity contribution in [3.05, 3.63) is 66.0 Å². The van der Waals surface area contributed by atoms with E-state index in [1.165, 1.54) is 0 Å². The fraction of sp³-hybridized carbons (Fsp3) is 0.300. The number of imidazole rings is 1. The minimum absolute atomic E-state index is 0. The molecule has 2 atom stereocenters. The van der Waals surface area contributed by atoms with Crippen LogP contribution in [0, 0.1) is 5.92 Å². The maximum atomic E-state index is 12.7. The van der Waals surface area contributed by atoms with Crippen LogP contribution in [0.3, 0.4) is 0 Å². The van der Waals surface area contributed by atoms with Crippen molar-refractivity contribution in [2.75, 3.05) is 13.1 Å². The lowest BCUT2D eigenvalue weighted by atomic mass is 10.0. The number of hydrogen-bond acceptors (Lipinski definition) is 3. The van der Waals surface area contributed by atoms with E-state index in [4.69, 9.17) is 4.98 Å². The molecular weight excluding hydrogens is 383 g/mol. The monoisotopic (exact) mass is 406 g/mol. The first-order valence-electron chi connectivity index (χ1n) is 8.71. The molecule has 2 N–H and O–H groups in total. The Labute approximate surface area is 171 Å². The first kappa shape index (κ1) is 21.2. The topological polar surface area (TPSA) is 59.0 Å². The highest BCUT2D eigenvalue weighted by Crippen LogP contribution is 2.25. The second-order valence-electron chi connectivity index (χ2n) is 6.56. The number of fused-ring (bicyclic) bond motifs is 1. The van der Waals surface area contributed by atoms with Crippen molar-refractivity contribution in [2.45, 2.75) is 12.5 Å². The van der Waals surface area contributed by atoms with Crippen LogP contribution >= 0.6 is 24.8 Å². The molecule has 27 heavy (non-hydrogen) atoms. The molecule has 0 spiro atoms. The van der Waals surface area contributed by atoms with Crippen LogP contribution in [0.15, 0.2) is 54.6 Å². The molecule has 1 aliphatic rings. The fourth-order valence-corrected chi connectivity index (χ4v) is 3.50. The zero-order chi connectivity index (χ0) is 17.2. The molecule has 2 unspecified atom stereocenters. The van der Waals surface area contributed by atoms with Gasteiger partial charge in [-0.1, -0.05) is 42.5 Å². The zero-order valence-electron chi connectivity index (χ0n) is 15.1. The fourth-order valence-electron chi connectivity index (χ4n) is 3.50. The summed E-state index contributed by atoms with van der Waals surface area (Å²) in [6.07, 6.45) is 0.885. The summed E-state index contributed by atoms with van der Waals surface area (Å²) in [5, 5.41) is 6.49. The number of halogens is 2. The summed E-state index contributed by atoms with van der Waals surface area (Å²) in [4.78, 5) is 17.5. The molecule has 144 valence electrons. The molecule has 5 nitrogen and oxygen atoms in total. The van der Waals surface area contributed by atoms with Crippen molar-refractivity contribution in [3.8, 4) is 0 Å². The average molecular weight is 407 g/mol. The van der Waals surface area contributed by atoms with Gasteiger partial charge in [-0.15, -0.1) is 24.8 Å². The summed E-state index contributed by atoms with van der Waals surface area (Å²) in [5.41, 5.74) is 3.05. The van der Waals surface area contributed by atoms with Crippen LogP contribution in [-0.2, 0) is 11.8 Å². The number of carbonyl (C=O) groups excluding carboxylic acids is 1. The molecule has 1 fully saturated rings. The Morgan fingerprint density at radius 3 is 2.52 bits per heavy atom. The van der Waals surface area contributed by atoms with E-state index in [1.54, 1.807) is 0 Å². The Morgan fingerprint density at radius 2 is 1.85 bits per heavy atom. The summed E-state index contributed by atoms with van der Waals surface area (Å²) in [6.45, 7) is 1.65. The van der Waals surface area contributed by atoms with Gasteiger partial charge < -0.3 is 15.2 Å². The van der Waals surface area contributed by atoms with E-state index in [2.05, 4.69) is 21.3 Å². The molecule has 2 heterocycles. The Bertz CT molecular complexity index is 891. The number of nitrogens with zero attached hydrogens (tertiary/aromatic N) is 2. The van der Waals surface area contributed by atoms with Crippen LogP contribution in [-0.4, -0.2) is 28.5 Å². The van der Waals surface area contributed by atoms with E-state index in [0.717, 1.165) is 41.9 Å². The highest BCUT2D eigenvalue weighted by atomic mass is 35.5. The van der Waals surface area contributed by atoms with Crippen molar-refractivity contribution in [1.82, 2.24) is 20.2 Å². The number of carbonyl (C=O) groups is 1. The average Bonchev–Trinajstić information content (AvgIpc) is 3.29. The highest BCUT2D eigenvalue weighted by molar-refractivity contribution is 5.85. The minimum Gasteiger partial charge on any atom is -0.342 e. The van der Waals surface area contributed by atoms with Gasteiger partial charge in [0, 0.05) is 13.6 Å². The van der Waals surface area contributed by atoms with Gasteiger partial charge in [-0.2, -0.15) is 0 Å². The molecule has 2 aromatic carbocycles. The predicted octanol–water partition coefficient (Wildman–Crippen LogP) is 3.23. The van der Waals surface area contributed by atoms with Crippen LogP contribution < -0.4 is 10.6 Å². The van der Waals surface area contributed by atoms with Gasteiger partial charge in [0.2, 0.25) is 5.91 Å². The van der Waals surface area contributed by atoms with Crippen molar-refractivity contribution in [2.24, 2.45) is 13.0 Å². The summed E-state index contributed by atoms with van der Waals surface area (Å²) in [6, 6.07) is 17.8. The highest BCUT2D eigenvalue weighted by Gasteiger charge is 2.28. The molecule has 0 aliphatic carbocycles. The maximum absolute atomic E-state index is 12.7. The lowest BCUT2D eigenvalue weighted by Crippen LogP contribution is -2.36. The van der Waals surface area contributed by atoms with Crippen molar-refractivity contribution in [1.29, 1.82) is 0 Å². The van der Waals surface area contributed by atoms with E-state index in [1.807, 2.05) is 55.6 Å². The van der Waals surface area contributed by atoms with Crippen LogP contribution in [0.5, 0.6) is 0 Å². The van der Waals surface area contributed by atoms with E-state index in [9.17, 15) is 4.79 Å². The van der Waals surface area contributed by atoms with Gasteiger partial charge >= 0.3 is 0 Å². The van der Waals surface area contributed by atoms with Crippen LogP contribution in [0.1, 0.15) is 23.9 Å². The van der Waals surface area contributed by atoms with Crippen LogP contribution in [0.25, 0.3) is 11.0 Å². The number of amides is 1. The number of nitrogens with one attached hydrogen (secondary N) is 2. The van der Waals surface area contributed by atoms with Crippen molar-refractivity contribution < 1.29 is 4.79 Å². The molecule has 1 saturated heterocycles. The normalized spacial score (nSPS) is 17.0. The second kappa shape index (κ2) is 9.22. The third-order valence-electron chi connectivity index (χ3n) is 4.93. The van der Waals surface area contributed by atoms with Crippen LogP contribution in [0.2, 0.25) is 0 Å². The number of hydrogen-bond donors (Lipinski definition) is 2. The minimum atomic E-state index is -0.258. The predicted molar refractivity (Wildman–Crippen MR) is 113 cm³/mol. The van der Waals surface area contributed by atoms with Gasteiger partial charge in [0.15, 0.2) is 0 Å². The molecule has 0 saturated carbocycles. The lowest BCUT2D eigenvalue weighted by molar-refractivity contribution is -0.125.